The molecule has 2 heterocycles. The SMILES string of the molecule is COc1cc(C2=NC(=Cc3cc4ccc(OCc5ccccc5)cc4nc3OC)C(=O)O2)cc(OC)c1OC. The number of pyridine rings is 1. The number of benzene rings is 3. The lowest BCUT2D eigenvalue weighted by atomic mass is 10.1. The summed E-state index contributed by atoms with van der Waals surface area (Å²) in [6.45, 7) is 0.446. The van der Waals surface area contributed by atoms with Crippen LogP contribution >= 0.6 is 0 Å². The zero-order valence-corrected chi connectivity index (χ0v) is 21.9. The van der Waals surface area contributed by atoms with Crippen molar-refractivity contribution < 1.29 is 33.2 Å². The van der Waals surface area contributed by atoms with Gasteiger partial charge in [-0.2, -0.15) is 0 Å². The summed E-state index contributed by atoms with van der Waals surface area (Å²) in [5.74, 6) is 1.77. The van der Waals surface area contributed by atoms with Crippen molar-refractivity contribution in [2.75, 3.05) is 28.4 Å². The van der Waals surface area contributed by atoms with Crippen LogP contribution in [0.1, 0.15) is 16.7 Å². The fourth-order valence-corrected chi connectivity index (χ4v) is 4.13. The quantitative estimate of drug-likeness (QED) is 0.217. The van der Waals surface area contributed by atoms with Gasteiger partial charge in [-0.05, 0) is 42.0 Å². The highest BCUT2D eigenvalue weighted by molar-refractivity contribution is 6.13. The van der Waals surface area contributed by atoms with Crippen LogP contribution < -0.4 is 23.7 Å². The van der Waals surface area contributed by atoms with E-state index in [-0.39, 0.29) is 11.6 Å². The number of aliphatic imine (C=N–C) groups is 1. The highest BCUT2D eigenvalue weighted by Gasteiger charge is 2.27. The van der Waals surface area contributed by atoms with Crippen molar-refractivity contribution >= 4 is 28.8 Å². The molecule has 3 aromatic carbocycles. The zero-order chi connectivity index (χ0) is 27.4. The monoisotopic (exact) mass is 526 g/mol. The summed E-state index contributed by atoms with van der Waals surface area (Å²) in [6.07, 6.45) is 1.58. The summed E-state index contributed by atoms with van der Waals surface area (Å²) in [5, 5.41) is 0.843. The maximum atomic E-state index is 12.7. The molecule has 0 fully saturated rings. The van der Waals surface area contributed by atoms with Crippen molar-refractivity contribution in [1.82, 2.24) is 4.98 Å². The average molecular weight is 527 g/mol. The van der Waals surface area contributed by atoms with E-state index in [1.165, 1.54) is 28.4 Å². The molecule has 0 bridgehead atoms. The molecule has 0 saturated carbocycles. The van der Waals surface area contributed by atoms with Gasteiger partial charge in [-0.1, -0.05) is 30.3 Å². The Morgan fingerprint density at radius 1 is 0.846 bits per heavy atom. The van der Waals surface area contributed by atoms with Crippen LogP contribution in [0, 0.1) is 0 Å². The van der Waals surface area contributed by atoms with Gasteiger partial charge in [-0.15, -0.1) is 0 Å². The van der Waals surface area contributed by atoms with E-state index in [1.807, 2.05) is 54.6 Å². The first-order valence-corrected chi connectivity index (χ1v) is 12.0. The van der Waals surface area contributed by atoms with Crippen molar-refractivity contribution in [2.45, 2.75) is 6.61 Å². The number of nitrogens with zero attached hydrogens (tertiary/aromatic N) is 2. The number of methoxy groups -OCH3 is 4. The van der Waals surface area contributed by atoms with Gasteiger partial charge >= 0.3 is 5.97 Å². The van der Waals surface area contributed by atoms with Gasteiger partial charge in [0.15, 0.2) is 17.2 Å². The van der Waals surface area contributed by atoms with Crippen molar-refractivity contribution in [3.63, 3.8) is 0 Å². The van der Waals surface area contributed by atoms with Gasteiger partial charge in [0.1, 0.15) is 12.4 Å². The molecule has 0 aliphatic carbocycles. The van der Waals surface area contributed by atoms with Crippen molar-refractivity contribution in [1.29, 1.82) is 0 Å². The molecule has 0 amide bonds. The third-order valence-electron chi connectivity index (χ3n) is 6.05. The van der Waals surface area contributed by atoms with Crippen LogP contribution in [-0.2, 0) is 16.1 Å². The van der Waals surface area contributed by atoms with E-state index in [2.05, 4.69) is 9.98 Å². The number of aromatic nitrogens is 1. The smallest absolute Gasteiger partial charge is 0.363 e. The third-order valence-corrected chi connectivity index (χ3v) is 6.05. The molecular formula is C30H26N2O7. The largest absolute Gasteiger partial charge is 0.493 e. The van der Waals surface area contributed by atoms with Crippen LogP contribution in [-0.4, -0.2) is 45.3 Å². The molecule has 0 spiro atoms. The Balaban J connectivity index is 1.45. The summed E-state index contributed by atoms with van der Waals surface area (Å²) >= 11 is 0. The molecule has 198 valence electrons. The van der Waals surface area contributed by atoms with Crippen molar-refractivity contribution in [2.24, 2.45) is 4.99 Å². The predicted molar refractivity (Wildman–Crippen MR) is 146 cm³/mol. The molecule has 1 aliphatic rings. The second-order valence-corrected chi connectivity index (χ2v) is 8.47. The first-order chi connectivity index (χ1) is 19.0. The van der Waals surface area contributed by atoms with E-state index in [9.17, 15) is 4.79 Å². The molecule has 1 aliphatic heterocycles. The number of carbonyl (C=O) groups excluding carboxylic acids is 1. The molecule has 4 aromatic rings. The molecule has 0 radical (unpaired) electrons. The van der Waals surface area contributed by atoms with Crippen LogP contribution in [0.15, 0.2) is 77.4 Å². The number of hydrogen-bond donors (Lipinski definition) is 0. The second kappa shape index (κ2) is 11.1. The normalized spacial score (nSPS) is 13.7. The number of fused-ring (bicyclic) bond motifs is 1. The van der Waals surface area contributed by atoms with E-state index in [1.54, 1.807) is 18.2 Å². The van der Waals surface area contributed by atoms with Gasteiger partial charge in [0.05, 0.1) is 34.0 Å². The van der Waals surface area contributed by atoms with Gasteiger partial charge < -0.3 is 28.4 Å². The van der Waals surface area contributed by atoms with Gasteiger partial charge in [-0.3, -0.25) is 0 Å². The average Bonchev–Trinajstić information content (AvgIpc) is 3.34. The number of hydrogen-bond acceptors (Lipinski definition) is 9. The Labute approximate surface area is 225 Å². The number of cyclic esters (lactones) is 1. The first-order valence-electron chi connectivity index (χ1n) is 12.0. The number of esters is 1. The molecule has 0 N–H and O–H groups in total. The fourth-order valence-electron chi connectivity index (χ4n) is 4.13. The lowest BCUT2D eigenvalue weighted by Crippen LogP contribution is -2.07. The van der Waals surface area contributed by atoms with E-state index in [4.69, 9.17) is 28.4 Å². The zero-order valence-electron chi connectivity index (χ0n) is 21.9. The first kappa shape index (κ1) is 25.6. The summed E-state index contributed by atoms with van der Waals surface area (Å²) in [7, 11) is 6.04. The number of ether oxygens (including phenoxy) is 6. The van der Waals surface area contributed by atoms with Crippen LogP contribution in [0.25, 0.3) is 17.0 Å². The fraction of sp³-hybridized carbons (Fsp3) is 0.167. The lowest BCUT2D eigenvalue weighted by molar-refractivity contribution is -0.129. The Morgan fingerprint density at radius 3 is 2.26 bits per heavy atom. The Hall–Kier alpha value is -5.05. The molecule has 9 nitrogen and oxygen atoms in total. The molecule has 0 saturated heterocycles. The Bertz CT molecular complexity index is 1570. The van der Waals surface area contributed by atoms with Gasteiger partial charge in [0, 0.05) is 22.6 Å². The molecule has 0 unspecified atom stereocenters. The van der Waals surface area contributed by atoms with Gasteiger partial charge in [0.25, 0.3) is 0 Å². The topological polar surface area (TPSA) is 97.7 Å². The summed E-state index contributed by atoms with van der Waals surface area (Å²) in [6, 6.07) is 20.7. The number of rotatable bonds is 9. The van der Waals surface area contributed by atoms with Crippen molar-refractivity contribution in [3.8, 4) is 28.9 Å². The van der Waals surface area contributed by atoms with E-state index in [0.29, 0.717) is 52.1 Å². The molecular weight excluding hydrogens is 500 g/mol. The Morgan fingerprint density at radius 2 is 1.59 bits per heavy atom. The van der Waals surface area contributed by atoms with Crippen LogP contribution in [0.5, 0.6) is 28.9 Å². The van der Waals surface area contributed by atoms with Crippen LogP contribution in [0.4, 0.5) is 0 Å². The molecule has 5 rings (SSSR count). The van der Waals surface area contributed by atoms with Gasteiger partial charge in [-0.25, -0.2) is 14.8 Å². The lowest BCUT2D eigenvalue weighted by Gasteiger charge is -2.13. The third kappa shape index (κ3) is 5.33. The van der Waals surface area contributed by atoms with Crippen LogP contribution in [0.2, 0.25) is 0 Å². The maximum absolute atomic E-state index is 12.7. The minimum Gasteiger partial charge on any atom is -0.493 e. The molecule has 9 heteroatoms. The second-order valence-electron chi connectivity index (χ2n) is 8.47. The summed E-state index contributed by atoms with van der Waals surface area (Å²) in [4.78, 5) is 21.8. The molecule has 0 atom stereocenters. The maximum Gasteiger partial charge on any atom is 0.363 e. The van der Waals surface area contributed by atoms with E-state index < -0.39 is 5.97 Å². The predicted octanol–water partition coefficient (Wildman–Crippen LogP) is 5.19. The number of carbonyl (C=O) groups is 1. The van der Waals surface area contributed by atoms with Crippen molar-refractivity contribution in [3.05, 3.63) is 89.1 Å². The van der Waals surface area contributed by atoms with E-state index in [0.717, 1.165) is 10.9 Å². The summed E-state index contributed by atoms with van der Waals surface area (Å²) < 4.78 is 33.1. The standard InChI is InChI=1S/C30H26N2O7/c1-34-25-14-21(15-26(35-2)27(25)36-3)29-32-24(30(33)39-29)13-20-12-19-10-11-22(16-23(19)31-28(20)37-4)38-17-18-8-6-5-7-9-18/h5-16H,17H2,1-4H3. The van der Waals surface area contributed by atoms with E-state index >= 15 is 0 Å². The minimum atomic E-state index is -0.606. The highest BCUT2D eigenvalue weighted by Crippen LogP contribution is 2.39. The summed E-state index contributed by atoms with van der Waals surface area (Å²) in [5.41, 5.74) is 2.92. The van der Waals surface area contributed by atoms with Crippen LogP contribution in [0.3, 0.4) is 0 Å². The molecule has 1 aromatic heterocycles. The van der Waals surface area contributed by atoms with Gasteiger partial charge in [0.2, 0.25) is 17.5 Å². The minimum absolute atomic E-state index is 0.0982. The molecule has 39 heavy (non-hydrogen) atoms. The highest BCUT2D eigenvalue weighted by atomic mass is 16.6. The Kier molecular flexibility index (Phi) is 7.31.